The van der Waals surface area contributed by atoms with E-state index in [1.54, 1.807) is 49.5 Å². The molecule has 0 unspecified atom stereocenters. The van der Waals surface area contributed by atoms with Crippen molar-refractivity contribution in [3.05, 3.63) is 60.4 Å². The number of hydrazone groups is 1. The molecule has 0 bridgehead atoms. The Morgan fingerprint density at radius 1 is 1.13 bits per heavy atom. The quantitative estimate of drug-likeness (QED) is 0.606. The third kappa shape index (κ3) is 4.97. The van der Waals surface area contributed by atoms with Gasteiger partial charge in [0.25, 0.3) is 5.91 Å². The number of pyridine rings is 1. The molecule has 8 heteroatoms. The number of nitrogens with zero attached hydrogens (tertiary/aromatic N) is 2. The lowest BCUT2D eigenvalue weighted by Crippen LogP contribution is -2.35. The normalized spacial score (nSPS) is 12.0. The second kappa shape index (κ2) is 7.61. The average Bonchev–Trinajstić information content (AvgIpc) is 2.59. The Labute approximate surface area is 134 Å². The van der Waals surface area contributed by atoms with Crippen molar-refractivity contribution in [1.82, 2.24) is 15.1 Å². The number of rotatable bonds is 6. The third-order valence-electron chi connectivity index (χ3n) is 2.86. The molecule has 2 N–H and O–H groups in total. The van der Waals surface area contributed by atoms with Crippen molar-refractivity contribution in [3.63, 3.8) is 0 Å². The van der Waals surface area contributed by atoms with Crippen molar-refractivity contribution in [1.29, 1.82) is 0 Å². The molecule has 2 aromatic rings. The summed E-state index contributed by atoms with van der Waals surface area (Å²) in [7, 11) is -3.72. The first-order valence-electron chi connectivity index (χ1n) is 6.78. The van der Waals surface area contributed by atoms with Crippen LogP contribution in [0.3, 0.4) is 0 Å². The van der Waals surface area contributed by atoms with Gasteiger partial charge in [-0.15, -0.1) is 0 Å². The Morgan fingerprint density at radius 3 is 2.48 bits per heavy atom. The molecular weight excluding hydrogens is 316 g/mol. The monoisotopic (exact) mass is 332 g/mol. The zero-order chi connectivity index (χ0) is 16.7. The van der Waals surface area contributed by atoms with Crippen LogP contribution in [0, 0.1) is 0 Å². The van der Waals surface area contributed by atoms with Crippen LogP contribution in [0.25, 0.3) is 0 Å². The molecule has 1 aromatic heterocycles. The Bertz CT molecular complexity index is 790. The molecule has 0 aliphatic heterocycles. The van der Waals surface area contributed by atoms with E-state index in [1.807, 2.05) is 0 Å². The first kappa shape index (κ1) is 16.8. The molecule has 0 spiro atoms. The number of benzene rings is 1. The largest absolute Gasteiger partial charge is 0.272 e. The molecule has 0 saturated carbocycles. The zero-order valence-corrected chi connectivity index (χ0v) is 13.2. The Hall–Kier alpha value is -2.58. The topological polar surface area (TPSA) is 101 Å². The molecule has 0 aliphatic rings. The van der Waals surface area contributed by atoms with Crippen molar-refractivity contribution >= 4 is 21.6 Å². The number of aromatic nitrogens is 1. The molecule has 1 heterocycles. The summed E-state index contributed by atoms with van der Waals surface area (Å²) in [6, 6.07) is 13.1. The van der Waals surface area contributed by atoms with Gasteiger partial charge in [-0.25, -0.2) is 18.6 Å². The lowest BCUT2D eigenvalue weighted by molar-refractivity contribution is -0.119. The van der Waals surface area contributed by atoms with E-state index in [9.17, 15) is 13.2 Å². The second-order valence-corrected chi connectivity index (χ2v) is 6.35. The molecule has 1 amide bonds. The number of carbonyl (C=O) groups excluding carboxylic acids is 1. The summed E-state index contributed by atoms with van der Waals surface area (Å²) in [5, 5.41) is 3.89. The number of sulfonamides is 1. The van der Waals surface area contributed by atoms with Crippen molar-refractivity contribution < 1.29 is 13.2 Å². The zero-order valence-electron chi connectivity index (χ0n) is 12.4. The molecule has 2 rings (SSSR count). The fourth-order valence-corrected chi connectivity index (χ4v) is 2.67. The minimum atomic E-state index is -3.72. The summed E-state index contributed by atoms with van der Waals surface area (Å²) in [5.41, 5.74) is 3.43. The van der Waals surface area contributed by atoms with Gasteiger partial charge in [-0.3, -0.25) is 9.78 Å². The van der Waals surface area contributed by atoms with E-state index in [2.05, 4.69) is 20.2 Å². The van der Waals surface area contributed by atoms with Crippen LogP contribution in [0.15, 0.2) is 64.7 Å². The van der Waals surface area contributed by atoms with E-state index in [1.165, 1.54) is 12.1 Å². The first-order chi connectivity index (χ1) is 11.0. The molecule has 120 valence electrons. The van der Waals surface area contributed by atoms with Gasteiger partial charge in [-0.2, -0.15) is 5.10 Å². The van der Waals surface area contributed by atoms with Gasteiger partial charge >= 0.3 is 0 Å². The highest BCUT2D eigenvalue weighted by Gasteiger charge is 2.14. The van der Waals surface area contributed by atoms with Gasteiger partial charge in [0.05, 0.1) is 22.8 Å². The molecule has 1 aromatic carbocycles. The van der Waals surface area contributed by atoms with E-state index in [4.69, 9.17) is 0 Å². The van der Waals surface area contributed by atoms with Gasteiger partial charge in [0.2, 0.25) is 10.0 Å². The van der Waals surface area contributed by atoms with Gasteiger partial charge in [-0.1, -0.05) is 24.3 Å². The summed E-state index contributed by atoms with van der Waals surface area (Å²) in [5.74, 6) is -0.570. The smallest absolute Gasteiger partial charge is 0.255 e. The molecule has 0 fully saturated rings. The van der Waals surface area contributed by atoms with Crippen LogP contribution in [0.2, 0.25) is 0 Å². The second-order valence-electron chi connectivity index (χ2n) is 4.58. The number of nitrogens with one attached hydrogen (secondary N) is 2. The highest BCUT2D eigenvalue weighted by Crippen LogP contribution is 2.06. The summed E-state index contributed by atoms with van der Waals surface area (Å²) in [6.07, 6.45) is 1.62. The lowest BCUT2D eigenvalue weighted by atomic mass is 10.3. The Kier molecular flexibility index (Phi) is 5.56. The third-order valence-corrected chi connectivity index (χ3v) is 4.28. The van der Waals surface area contributed by atoms with Crippen molar-refractivity contribution in [2.24, 2.45) is 5.10 Å². The maximum Gasteiger partial charge on any atom is 0.255 e. The Balaban J connectivity index is 1.91. The minimum Gasteiger partial charge on any atom is -0.272 e. The van der Waals surface area contributed by atoms with Crippen LogP contribution in [0.5, 0.6) is 0 Å². The van der Waals surface area contributed by atoms with Crippen molar-refractivity contribution in [2.45, 2.75) is 11.8 Å². The standard InChI is InChI=1S/C15H16N4O3S/c1-12(14-9-5-6-10-16-14)18-19-15(20)11-17-23(21,22)13-7-3-2-4-8-13/h2-10,17H,11H2,1H3,(H,19,20)/b18-12-. The van der Waals surface area contributed by atoms with Crippen molar-refractivity contribution in [2.75, 3.05) is 6.54 Å². The van der Waals surface area contributed by atoms with Crippen molar-refractivity contribution in [3.8, 4) is 0 Å². The summed E-state index contributed by atoms with van der Waals surface area (Å²) in [4.78, 5) is 15.9. The predicted molar refractivity (Wildman–Crippen MR) is 86.2 cm³/mol. The molecule has 0 atom stereocenters. The predicted octanol–water partition coefficient (Wildman–Crippen LogP) is 0.900. The maximum atomic E-state index is 12.0. The molecule has 0 radical (unpaired) electrons. The molecular formula is C15H16N4O3S. The molecule has 0 saturated heterocycles. The first-order valence-corrected chi connectivity index (χ1v) is 8.26. The maximum absolute atomic E-state index is 12.0. The minimum absolute atomic E-state index is 0.0981. The van der Waals surface area contributed by atoms with Gasteiger partial charge in [0, 0.05) is 6.20 Å². The van der Waals surface area contributed by atoms with E-state index < -0.39 is 22.5 Å². The van der Waals surface area contributed by atoms with Crippen LogP contribution >= 0.6 is 0 Å². The molecule has 23 heavy (non-hydrogen) atoms. The fraction of sp³-hybridized carbons (Fsp3) is 0.133. The SMILES string of the molecule is C/C(=N/NC(=O)CNS(=O)(=O)c1ccccc1)c1ccccn1. The summed E-state index contributed by atoms with van der Waals surface area (Å²) < 4.78 is 26.1. The van der Waals surface area contributed by atoms with E-state index >= 15 is 0 Å². The van der Waals surface area contributed by atoms with Gasteiger partial charge < -0.3 is 0 Å². The molecule has 0 aliphatic carbocycles. The number of hydrogen-bond donors (Lipinski definition) is 2. The van der Waals surface area contributed by atoms with Gasteiger partial charge in [0.15, 0.2) is 0 Å². The number of carbonyl (C=O) groups is 1. The molecule has 7 nitrogen and oxygen atoms in total. The fourth-order valence-electron chi connectivity index (χ4n) is 1.66. The van der Waals surface area contributed by atoms with E-state index in [-0.39, 0.29) is 4.90 Å². The number of amides is 1. The van der Waals surface area contributed by atoms with E-state index in [0.29, 0.717) is 11.4 Å². The van der Waals surface area contributed by atoms with E-state index in [0.717, 1.165) is 0 Å². The van der Waals surface area contributed by atoms with Crippen LogP contribution in [0.1, 0.15) is 12.6 Å². The lowest BCUT2D eigenvalue weighted by Gasteiger charge is -2.06. The highest BCUT2D eigenvalue weighted by atomic mass is 32.2. The average molecular weight is 332 g/mol. The number of hydrogen-bond acceptors (Lipinski definition) is 5. The van der Waals surface area contributed by atoms with Crippen LogP contribution in [0.4, 0.5) is 0 Å². The van der Waals surface area contributed by atoms with Gasteiger partial charge in [0.1, 0.15) is 0 Å². The summed E-state index contributed by atoms with van der Waals surface area (Å²) in [6.45, 7) is 1.28. The highest BCUT2D eigenvalue weighted by molar-refractivity contribution is 7.89. The Morgan fingerprint density at radius 2 is 1.83 bits per heavy atom. The summed E-state index contributed by atoms with van der Waals surface area (Å²) >= 11 is 0. The van der Waals surface area contributed by atoms with Crippen LogP contribution in [-0.4, -0.2) is 31.6 Å². The van der Waals surface area contributed by atoms with Crippen LogP contribution < -0.4 is 10.1 Å². The van der Waals surface area contributed by atoms with Gasteiger partial charge in [-0.05, 0) is 31.2 Å². The van der Waals surface area contributed by atoms with Crippen LogP contribution in [-0.2, 0) is 14.8 Å².